The predicted octanol–water partition coefficient (Wildman–Crippen LogP) is 1.91. The molecule has 7 heteroatoms. The number of carboxylic acids is 1. The second-order valence-electron chi connectivity index (χ2n) is 5.53. The molecule has 0 saturated heterocycles. The first-order valence-electron chi connectivity index (χ1n) is 7.35. The Morgan fingerprint density at radius 1 is 1.35 bits per heavy atom. The molecule has 0 spiro atoms. The van der Waals surface area contributed by atoms with E-state index in [1.54, 1.807) is 4.52 Å². The van der Waals surface area contributed by atoms with E-state index in [0.717, 1.165) is 18.5 Å². The number of fused-ring (bicyclic) bond motifs is 3. The molecule has 0 atom stereocenters. The topological polar surface area (TPSA) is 80.0 Å². The minimum atomic E-state index is -1.05. The van der Waals surface area contributed by atoms with E-state index in [2.05, 4.69) is 15.0 Å². The third-order valence-corrected chi connectivity index (χ3v) is 3.52. The Balaban J connectivity index is 2.05. The van der Waals surface area contributed by atoms with Gasteiger partial charge in [-0.05, 0) is 32.6 Å². The van der Waals surface area contributed by atoms with Gasteiger partial charge in [0.1, 0.15) is 11.1 Å². The van der Waals surface area contributed by atoms with Gasteiger partial charge in [-0.3, -0.25) is 0 Å². The van der Waals surface area contributed by atoms with E-state index in [0.29, 0.717) is 23.5 Å². The number of para-hydroxylation sites is 2. The summed E-state index contributed by atoms with van der Waals surface area (Å²) in [5.74, 6) is -0.743. The van der Waals surface area contributed by atoms with Gasteiger partial charge in [-0.1, -0.05) is 12.1 Å². The first-order valence-corrected chi connectivity index (χ1v) is 7.35. The van der Waals surface area contributed by atoms with Crippen LogP contribution in [0.2, 0.25) is 0 Å². The van der Waals surface area contributed by atoms with Crippen molar-refractivity contribution in [2.24, 2.45) is 0 Å². The van der Waals surface area contributed by atoms with E-state index in [9.17, 15) is 9.90 Å². The number of rotatable bonds is 6. The molecule has 0 radical (unpaired) electrons. The molecule has 0 bridgehead atoms. The van der Waals surface area contributed by atoms with Crippen LogP contribution in [0.4, 0.5) is 0 Å². The van der Waals surface area contributed by atoms with Crippen LogP contribution < -0.4 is 4.74 Å². The minimum Gasteiger partial charge on any atom is -0.478 e. The van der Waals surface area contributed by atoms with Gasteiger partial charge in [0.05, 0.1) is 23.8 Å². The summed E-state index contributed by atoms with van der Waals surface area (Å²) in [4.78, 5) is 18.0. The SMILES string of the molecule is CN(C)CCCOc1nc2ccccc2n2ncc(C(=O)O)c12. The summed E-state index contributed by atoms with van der Waals surface area (Å²) in [6.07, 6.45) is 2.16. The summed E-state index contributed by atoms with van der Waals surface area (Å²) in [5, 5.41) is 13.6. The summed E-state index contributed by atoms with van der Waals surface area (Å²) in [6.45, 7) is 1.35. The van der Waals surface area contributed by atoms with Crippen LogP contribution in [-0.4, -0.2) is 57.8 Å². The zero-order chi connectivity index (χ0) is 16.4. The van der Waals surface area contributed by atoms with Crippen LogP contribution >= 0.6 is 0 Å². The van der Waals surface area contributed by atoms with Gasteiger partial charge in [0.15, 0.2) is 0 Å². The summed E-state index contributed by atoms with van der Waals surface area (Å²) in [6, 6.07) is 7.44. The molecule has 0 aliphatic heterocycles. The fraction of sp³-hybridized carbons (Fsp3) is 0.312. The average molecular weight is 314 g/mol. The number of aromatic carboxylic acids is 1. The standard InChI is InChI=1S/C16H18N4O3/c1-19(2)8-5-9-23-15-14-11(16(21)22)10-17-20(14)13-7-4-3-6-12(13)18-15/h3-4,6-7,10H,5,8-9H2,1-2H3,(H,21,22). The Kier molecular flexibility index (Phi) is 4.12. The number of nitrogens with zero attached hydrogens (tertiary/aromatic N) is 4. The number of hydrogen-bond acceptors (Lipinski definition) is 5. The van der Waals surface area contributed by atoms with Crippen molar-refractivity contribution < 1.29 is 14.6 Å². The van der Waals surface area contributed by atoms with Crippen LogP contribution in [0.15, 0.2) is 30.5 Å². The van der Waals surface area contributed by atoms with E-state index in [1.165, 1.54) is 6.20 Å². The highest BCUT2D eigenvalue weighted by molar-refractivity contribution is 5.98. The number of ether oxygens (including phenoxy) is 1. The second-order valence-corrected chi connectivity index (χ2v) is 5.53. The summed E-state index contributed by atoms with van der Waals surface area (Å²) < 4.78 is 7.34. The lowest BCUT2D eigenvalue weighted by Crippen LogP contribution is -2.16. The molecule has 0 unspecified atom stereocenters. The molecule has 1 aromatic carbocycles. The summed E-state index contributed by atoms with van der Waals surface area (Å²) in [5.41, 5.74) is 1.94. The van der Waals surface area contributed by atoms with Gasteiger partial charge in [-0.2, -0.15) is 5.10 Å². The predicted molar refractivity (Wildman–Crippen MR) is 86.1 cm³/mol. The van der Waals surface area contributed by atoms with Crippen LogP contribution in [0.3, 0.4) is 0 Å². The number of aromatic nitrogens is 3. The molecule has 120 valence electrons. The molecule has 2 heterocycles. The van der Waals surface area contributed by atoms with Crippen LogP contribution in [0.5, 0.6) is 5.88 Å². The Hall–Kier alpha value is -2.67. The molecule has 3 rings (SSSR count). The van der Waals surface area contributed by atoms with Crippen molar-refractivity contribution in [2.45, 2.75) is 6.42 Å². The number of carboxylic acid groups (broad SMARTS) is 1. The smallest absolute Gasteiger partial charge is 0.339 e. The molecule has 0 aliphatic carbocycles. The quantitative estimate of drug-likeness (QED) is 0.700. The van der Waals surface area contributed by atoms with Crippen molar-refractivity contribution in [3.05, 3.63) is 36.0 Å². The fourth-order valence-electron chi connectivity index (χ4n) is 2.44. The lowest BCUT2D eigenvalue weighted by molar-refractivity contribution is 0.0698. The van der Waals surface area contributed by atoms with E-state index < -0.39 is 5.97 Å². The lowest BCUT2D eigenvalue weighted by Gasteiger charge is -2.12. The average Bonchev–Trinajstić information content (AvgIpc) is 2.97. The van der Waals surface area contributed by atoms with Gasteiger partial charge >= 0.3 is 5.97 Å². The summed E-state index contributed by atoms with van der Waals surface area (Å²) in [7, 11) is 3.98. The van der Waals surface area contributed by atoms with Crippen LogP contribution in [0, 0.1) is 0 Å². The maximum atomic E-state index is 11.4. The third kappa shape index (κ3) is 2.95. The van der Waals surface area contributed by atoms with E-state index in [-0.39, 0.29) is 5.56 Å². The lowest BCUT2D eigenvalue weighted by atomic mass is 10.2. The van der Waals surface area contributed by atoms with Crippen LogP contribution in [0.25, 0.3) is 16.6 Å². The monoisotopic (exact) mass is 314 g/mol. The highest BCUT2D eigenvalue weighted by Gasteiger charge is 2.19. The normalized spacial score (nSPS) is 11.4. The van der Waals surface area contributed by atoms with Crippen molar-refractivity contribution in [3.8, 4) is 5.88 Å². The fourth-order valence-corrected chi connectivity index (χ4v) is 2.44. The molecular formula is C16H18N4O3. The molecule has 23 heavy (non-hydrogen) atoms. The largest absolute Gasteiger partial charge is 0.478 e. The van der Waals surface area contributed by atoms with Gasteiger partial charge in [0.25, 0.3) is 0 Å². The molecule has 0 fully saturated rings. The van der Waals surface area contributed by atoms with Crippen LogP contribution in [-0.2, 0) is 0 Å². The molecular weight excluding hydrogens is 296 g/mol. The van der Waals surface area contributed by atoms with Crippen molar-refractivity contribution in [2.75, 3.05) is 27.2 Å². The van der Waals surface area contributed by atoms with E-state index >= 15 is 0 Å². The molecule has 2 aromatic heterocycles. The molecule has 0 amide bonds. The Labute approximate surface area is 133 Å². The summed E-state index contributed by atoms with van der Waals surface area (Å²) >= 11 is 0. The number of carbonyl (C=O) groups is 1. The minimum absolute atomic E-state index is 0.0888. The van der Waals surface area contributed by atoms with Gasteiger partial charge < -0.3 is 14.7 Å². The van der Waals surface area contributed by atoms with Crippen molar-refractivity contribution >= 4 is 22.5 Å². The Bertz CT molecular complexity index is 857. The van der Waals surface area contributed by atoms with Crippen LogP contribution in [0.1, 0.15) is 16.8 Å². The van der Waals surface area contributed by atoms with E-state index in [1.807, 2.05) is 38.4 Å². The van der Waals surface area contributed by atoms with Crippen molar-refractivity contribution in [3.63, 3.8) is 0 Å². The highest BCUT2D eigenvalue weighted by atomic mass is 16.5. The van der Waals surface area contributed by atoms with Crippen molar-refractivity contribution in [1.82, 2.24) is 19.5 Å². The van der Waals surface area contributed by atoms with E-state index in [4.69, 9.17) is 4.74 Å². The van der Waals surface area contributed by atoms with Gasteiger partial charge in [-0.25, -0.2) is 14.3 Å². The first kappa shape index (κ1) is 15.2. The molecule has 0 aliphatic rings. The van der Waals surface area contributed by atoms with Gasteiger partial charge in [0, 0.05) is 6.54 Å². The highest BCUT2D eigenvalue weighted by Crippen LogP contribution is 2.26. The molecule has 7 nitrogen and oxygen atoms in total. The first-order chi connectivity index (χ1) is 11.1. The zero-order valence-electron chi connectivity index (χ0n) is 13.1. The Morgan fingerprint density at radius 2 is 2.13 bits per heavy atom. The van der Waals surface area contributed by atoms with Crippen molar-refractivity contribution in [1.29, 1.82) is 0 Å². The number of hydrogen-bond donors (Lipinski definition) is 1. The third-order valence-electron chi connectivity index (χ3n) is 3.52. The maximum Gasteiger partial charge on any atom is 0.339 e. The Morgan fingerprint density at radius 3 is 2.87 bits per heavy atom. The zero-order valence-corrected chi connectivity index (χ0v) is 13.1. The maximum absolute atomic E-state index is 11.4. The second kappa shape index (κ2) is 6.21. The molecule has 3 aromatic rings. The van der Waals surface area contributed by atoms with Gasteiger partial charge in [-0.15, -0.1) is 0 Å². The number of benzene rings is 1. The molecule has 0 saturated carbocycles. The van der Waals surface area contributed by atoms with Gasteiger partial charge in [0.2, 0.25) is 5.88 Å². The molecule has 1 N–H and O–H groups in total.